The fourth-order valence-electron chi connectivity index (χ4n) is 1.84. The van der Waals surface area contributed by atoms with Crippen molar-refractivity contribution < 1.29 is 4.39 Å². The molecule has 0 spiro atoms. The second-order valence-corrected chi connectivity index (χ2v) is 5.73. The summed E-state index contributed by atoms with van der Waals surface area (Å²) in [5.74, 6) is 5.19. The van der Waals surface area contributed by atoms with E-state index in [4.69, 9.17) is 29.0 Å². The second kappa shape index (κ2) is 6.20. The normalized spacial score (nSPS) is 12.5. The Labute approximate surface area is 128 Å². The predicted molar refractivity (Wildman–Crippen MR) is 79.7 cm³/mol. The molecule has 2 aromatic rings. The van der Waals surface area contributed by atoms with Crippen LogP contribution in [0.1, 0.15) is 17.2 Å². The maximum Gasteiger partial charge on any atom is 0.123 e. The maximum atomic E-state index is 13.4. The number of hydrogen-bond donors (Lipinski definition) is 2. The molecule has 0 saturated heterocycles. The zero-order chi connectivity index (χ0) is 14.0. The van der Waals surface area contributed by atoms with Crippen molar-refractivity contribution in [3.8, 4) is 0 Å². The van der Waals surface area contributed by atoms with Gasteiger partial charge in [0.25, 0.3) is 0 Å². The van der Waals surface area contributed by atoms with Gasteiger partial charge in [0, 0.05) is 14.5 Å². The van der Waals surface area contributed by atoms with E-state index in [1.807, 2.05) is 6.07 Å². The van der Waals surface area contributed by atoms with Crippen LogP contribution in [0, 0.1) is 5.82 Å². The summed E-state index contributed by atoms with van der Waals surface area (Å²) >= 11 is 15.5. The van der Waals surface area contributed by atoms with Crippen LogP contribution >= 0.6 is 39.1 Å². The highest BCUT2D eigenvalue weighted by molar-refractivity contribution is 9.10. The van der Waals surface area contributed by atoms with Crippen LogP contribution < -0.4 is 11.3 Å². The van der Waals surface area contributed by atoms with E-state index in [-0.39, 0.29) is 5.82 Å². The number of rotatable bonds is 3. The Morgan fingerprint density at radius 2 is 1.89 bits per heavy atom. The summed E-state index contributed by atoms with van der Waals surface area (Å²) in [6.45, 7) is 0. The van der Waals surface area contributed by atoms with E-state index in [2.05, 4.69) is 21.4 Å². The molecular formula is C13H10BrCl2FN2. The molecule has 2 nitrogen and oxygen atoms in total. The monoisotopic (exact) mass is 362 g/mol. The Balaban J connectivity index is 2.52. The van der Waals surface area contributed by atoms with Crippen LogP contribution in [0.5, 0.6) is 0 Å². The van der Waals surface area contributed by atoms with Gasteiger partial charge in [-0.15, -0.1) is 0 Å². The molecule has 6 heteroatoms. The average molecular weight is 364 g/mol. The van der Waals surface area contributed by atoms with Crippen molar-refractivity contribution in [2.75, 3.05) is 0 Å². The van der Waals surface area contributed by atoms with Crippen molar-refractivity contribution in [1.82, 2.24) is 5.43 Å². The van der Waals surface area contributed by atoms with Crippen molar-refractivity contribution in [3.05, 3.63) is 67.9 Å². The van der Waals surface area contributed by atoms with Crippen molar-refractivity contribution in [1.29, 1.82) is 0 Å². The number of hydrogen-bond acceptors (Lipinski definition) is 2. The first-order valence-electron chi connectivity index (χ1n) is 5.38. The van der Waals surface area contributed by atoms with Crippen molar-refractivity contribution in [3.63, 3.8) is 0 Å². The number of hydrazine groups is 1. The van der Waals surface area contributed by atoms with E-state index in [0.29, 0.717) is 15.6 Å². The molecule has 0 radical (unpaired) electrons. The number of nitrogens with two attached hydrogens (primary N) is 1. The van der Waals surface area contributed by atoms with E-state index in [1.54, 1.807) is 12.1 Å². The van der Waals surface area contributed by atoms with Gasteiger partial charge >= 0.3 is 0 Å². The molecule has 0 aliphatic heterocycles. The maximum absolute atomic E-state index is 13.4. The molecule has 0 heterocycles. The predicted octanol–water partition coefficient (Wildman–Crippen LogP) is 4.45. The first-order chi connectivity index (χ1) is 9.01. The summed E-state index contributed by atoms with van der Waals surface area (Å²) < 4.78 is 14.2. The summed E-state index contributed by atoms with van der Waals surface area (Å²) in [7, 11) is 0. The van der Waals surface area contributed by atoms with Gasteiger partial charge < -0.3 is 0 Å². The molecular weight excluding hydrogens is 354 g/mol. The first kappa shape index (κ1) is 14.8. The van der Waals surface area contributed by atoms with Gasteiger partial charge in [0.05, 0.1) is 6.04 Å². The highest BCUT2D eigenvalue weighted by Crippen LogP contribution is 2.31. The lowest BCUT2D eigenvalue weighted by Crippen LogP contribution is -2.29. The largest absolute Gasteiger partial charge is 0.271 e. The van der Waals surface area contributed by atoms with Crippen LogP contribution in [-0.4, -0.2) is 0 Å². The minimum Gasteiger partial charge on any atom is -0.271 e. The minimum absolute atomic E-state index is 0.374. The molecule has 2 aromatic carbocycles. The second-order valence-electron chi connectivity index (χ2n) is 3.97. The lowest BCUT2D eigenvalue weighted by Gasteiger charge is -2.19. The van der Waals surface area contributed by atoms with E-state index >= 15 is 0 Å². The molecule has 0 saturated carbocycles. The zero-order valence-corrected chi connectivity index (χ0v) is 12.7. The van der Waals surface area contributed by atoms with Gasteiger partial charge in [0.15, 0.2) is 0 Å². The molecule has 3 N–H and O–H groups in total. The van der Waals surface area contributed by atoms with Gasteiger partial charge in [0.2, 0.25) is 0 Å². The summed E-state index contributed by atoms with van der Waals surface area (Å²) in [6.07, 6.45) is 0. The molecule has 0 bridgehead atoms. The Morgan fingerprint density at radius 1 is 1.16 bits per heavy atom. The van der Waals surface area contributed by atoms with Crippen molar-refractivity contribution >= 4 is 39.1 Å². The summed E-state index contributed by atoms with van der Waals surface area (Å²) in [5, 5.41) is 0.984. The fraction of sp³-hybridized carbons (Fsp3) is 0.0769. The smallest absolute Gasteiger partial charge is 0.123 e. The molecule has 0 aliphatic carbocycles. The Bertz CT molecular complexity index is 587. The third-order valence-electron chi connectivity index (χ3n) is 2.65. The van der Waals surface area contributed by atoms with Gasteiger partial charge in [-0.1, -0.05) is 39.1 Å². The molecule has 1 atom stereocenters. The van der Waals surface area contributed by atoms with Crippen LogP contribution in [0.3, 0.4) is 0 Å². The van der Waals surface area contributed by atoms with E-state index in [1.165, 1.54) is 18.2 Å². The number of benzene rings is 2. The Kier molecular flexibility index (Phi) is 4.81. The van der Waals surface area contributed by atoms with E-state index in [9.17, 15) is 4.39 Å². The van der Waals surface area contributed by atoms with Gasteiger partial charge in [-0.05, 0) is 47.5 Å². The van der Waals surface area contributed by atoms with Crippen molar-refractivity contribution in [2.24, 2.45) is 5.84 Å². The average Bonchev–Trinajstić information content (AvgIpc) is 2.33. The molecule has 1 unspecified atom stereocenters. The molecule has 0 fully saturated rings. The molecule has 2 rings (SSSR count). The van der Waals surface area contributed by atoms with Crippen LogP contribution in [0.2, 0.25) is 10.0 Å². The summed E-state index contributed by atoms with van der Waals surface area (Å²) in [5.41, 5.74) is 3.97. The Morgan fingerprint density at radius 3 is 2.53 bits per heavy atom. The van der Waals surface area contributed by atoms with Gasteiger partial charge in [0.1, 0.15) is 5.82 Å². The third kappa shape index (κ3) is 3.46. The molecule has 100 valence electrons. The number of nitrogens with one attached hydrogen (secondary N) is 1. The SMILES string of the molecule is NNC(c1cc(Cl)cc(Br)c1)c1cc(F)ccc1Cl. The highest BCUT2D eigenvalue weighted by Gasteiger charge is 2.17. The standard InChI is InChI=1S/C13H10BrCl2FN2/c14-8-3-7(4-9(15)5-8)13(19-18)11-6-10(17)1-2-12(11)16/h1-6,13,19H,18H2. The van der Waals surface area contributed by atoms with Crippen molar-refractivity contribution in [2.45, 2.75) is 6.04 Å². The Hall–Kier alpha value is -0.650. The van der Waals surface area contributed by atoms with Crippen LogP contribution in [-0.2, 0) is 0 Å². The third-order valence-corrected chi connectivity index (χ3v) is 3.67. The van der Waals surface area contributed by atoms with Crippen LogP contribution in [0.25, 0.3) is 0 Å². The highest BCUT2D eigenvalue weighted by atomic mass is 79.9. The summed E-state index contributed by atoms with van der Waals surface area (Å²) in [6, 6.07) is 9.05. The van der Waals surface area contributed by atoms with E-state index < -0.39 is 6.04 Å². The summed E-state index contributed by atoms with van der Waals surface area (Å²) in [4.78, 5) is 0. The molecule has 0 amide bonds. The van der Waals surface area contributed by atoms with Crippen LogP contribution in [0.15, 0.2) is 40.9 Å². The molecule has 19 heavy (non-hydrogen) atoms. The minimum atomic E-state index is -0.446. The lowest BCUT2D eigenvalue weighted by atomic mass is 9.99. The number of halogens is 4. The lowest BCUT2D eigenvalue weighted by molar-refractivity contribution is 0.605. The van der Waals surface area contributed by atoms with Gasteiger partial charge in [-0.3, -0.25) is 5.84 Å². The molecule has 0 aliphatic rings. The molecule has 0 aromatic heterocycles. The van der Waals surface area contributed by atoms with E-state index in [0.717, 1.165) is 10.0 Å². The fourth-order valence-corrected chi connectivity index (χ4v) is 2.96. The first-order valence-corrected chi connectivity index (χ1v) is 6.93. The van der Waals surface area contributed by atoms with Crippen LogP contribution in [0.4, 0.5) is 4.39 Å². The topological polar surface area (TPSA) is 38.0 Å². The zero-order valence-electron chi connectivity index (χ0n) is 9.63. The van der Waals surface area contributed by atoms with Gasteiger partial charge in [-0.25, -0.2) is 9.82 Å². The quantitative estimate of drug-likeness (QED) is 0.624. The van der Waals surface area contributed by atoms with Gasteiger partial charge in [-0.2, -0.15) is 0 Å².